The Labute approximate surface area is 413 Å². The molecule has 0 atom stereocenters. The van der Waals surface area contributed by atoms with Crippen LogP contribution in [0.1, 0.15) is 0 Å². The van der Waals surface area contributed by atoms with Crippen LogP contribution in [-0.2, 0) is 20.1 Å². The molecule has 0 spiro atoms. The molecule has 327 valence electrons. The van der Waals surface area contributed by atoms with Gasteiger partial charge >= 0.3 is 0 Å². The normalized spacial score (nSPS) is 10.7. The first kappa shape index (κ1) is 45.0. The summed E-state index contributed by atoms with van der Waals surface area (Å²) in [5.74, 6) is 0. The minimum Gasteiger partial charge on any atom is -0.358 e. The molecule has 4 heteroatoms. The third-order valence-corrected chi connectivity index (χ3v) is 12.0. The quantitative estimate of drug-likeness (QED) is 0.128. The second-order valence-electron chi connectivity index (χ2n) is 16.1. The van der Waals surface area contributed by atoms with Gasteiger partial charge in [-0.05, 0) is 92.8 Å². The van der Waals surface area contributed by atoms with Crippen molar-refractivity contribution in [2.24, 2.45) is 0 Å². The largest absolute Gasteiger partial charge is 0.358 e. The van der Waals surface area contributed by atoms with E-state index in [1.165, 1.54) is 0 Å². The molecule has 0 aliphatic rings. The van der Waals surface area contributed by atoms with Crippen molar-refractivity contribution < 1.29 is 20.1 Å². The van der Waals surface area contributed by atoms with Crippen LogP contribution in [0.5, 0.6) is 0 Å². The molecule has 0 N–H and O–H groups in total. The first-order valence-electron chi connectivity index (χ1n) is 22.1. The third kappa shape index (κ3) is 9.43. The predicted octanol–water partition coefficient (Wildman–Crippen LogP) is 16.4. The molecule has 0 saturated heterocycles. The Balaban J connectivity index is 0.00000289. The molecule has 0 bridgehead atoms. The Kier molecular flexibility index (Phi) is 13.6. The van der Waals surface area contributed by atoms with Crippen molar-refractivity contribution in [3.63, 3.8) is 0 Å². The van der Waals surface area contributed by atoms with E-state index >= 15 is 0 Å². The number of pyridine rings is 3. The molecule has 68 heavy (non-hydrogen) atoms. The van der Waals surface area contributed by atoms with Crippen molar-refractivity contribution in [3.8, 4) is 112 Å². The molecular weight excluding hydrogens is 1000 g/mol. The summed E-state index contributed by atoms with van der Waals surface area (Å²) in [4.78, 5) is 13.9. The summed E-state index contributed by atoms with van der Waals surface area (Å²) in [6.07, 6.45) is 5.52. The number of benzene rings is 8. The van der Waals surface area contributed by atoms with Crippen LogP contribution in [-0.4, -0.2) is 15.0 Å². The standard InChI is InChI=1S/C63H40N3.CH3.Ir/c1-2-14-44(15-3-1)51-36-39-66-63(43-51)50-34-28-47(29-35-50)57-18-6-9-21-60(57)54-41-52(58-19-7-4-16-55(58)45-24-30-48(31-25-45)61-22-10-12-37-64-61)40-53(42-54)59-20-8-5-17-56(59)46-26-32-49(33-27-46)62-23-11-13-38-65-62;;/h1-26,28-30,32-34,36-43H;1H3;/q-3;-1;. The molecule has 0 aliphatic carbocycles. The van der Waals surface area contributed by atoms with Gasteiger partial charge in [-0.25, -0.2) is 0 Å². The molecule has 0 fully saturated rings. The molecule has 11 aromatic rings. The minimum absolute atomic E-state index is 0. The summed E-state index contributed by atoms with van der Waals surface area (Å²) >= 11 is 0. The maximum absolute atomic E-state index is 4.73. The van der Waals surface area contributed by atoms with Crippen molar-refractivity contribution in [2.75, 3.05) is 0 Å². The van der Waals surface area contributed by atoms with Gasteiger partial charge in [0.1, 0.15) is 0 Å². The zero-order valence-corrected chi connectivity index (χ0v) is 39.7. The van der Waals surface area contributed by atoms with Gasteiger partial charge in [-0.15, -0.1) is 89.5 Å². The molecule has 3 nitrogen and oxygen atoms in total. The van der Waals surface area contributed by atoms with E-state index in [0.717, 1.165) is 112 Å². The monoisotopic (exact) mass is 1050 g/mol. The molecule has 0 aliphatic heterocycles. The van der Waals surface area contributed by atoms with Crippen molar-refractivity contribution in [2.45, 2.75) is 0 Å². The van der Waals surface area contributed by atoms with Gasteiger partial charge in [-0.1, -0.05) is 166 Å². The second kappa shape index (κ2) is 20.6. The summed E-state index contributed by atoms with van der Waals surface area (Å²) in [6, 6.07) is 89.3. The predicted molar refractivity (Wildman–Crippen MR) is 277 cm³/mol. The van der Waals surface area contributed by atoms with E-state index in [9.17, 15) is 0 Å². The Morgan fingerprint density at radius 1 is 0.250 bits per heavy atom. The van der Waals surface area contributed by atoms with Crippen molar-refractivity contribution in [1.29, 1.82) is 0 Å². The van der Waals surface area contributed by atoms with E-state index in [1.807, 2.05) is 67.1 Å². The Morgan fingerprint density at radius 2 is 0.662 bits per heavy atom. The zero-order chi connectivity index (χ0) is 44.1. The molecule has 0 amide bonds. The van der Waals surface area contributed by atoms with Gasteiger partial charge in [0.15, 0.2) is 0 Å². The van der Waals surface area contributed by atoms with Crippen molar-refractivity contribution in [3.05, 3.63) is 269 Å². The van der Waals surface area contributed by atoms with E-state index in [2.05, 4.69) is 204 Å². The van der Waals surface area contributed by atoms with Gasteiger partial charge < -0.3 is 17.4 Å². The van der Waals surface area contributed by atoms with Crippen molar-refractivity contribution in [1.82, 2.24) is 15.0 Å². The van der Waals surface area contributed by atoms with Crippen LogP contribution in [0.25, 0.3) is 112 Å². The fourth-order valence-electron chi connectivity index (χ4n) is 8.74. The van der Waals surface area contributed by atoms with Crippen molar-refractivity contribution >= 4 is 0 Å². The average molecular weight is 1050 g/mol. The Hall–Kier alpha value is -8.14. The van der Waals surface area contributed by atoms with Crippen LogP contribution < -0.4 is 0 Å². The van der Waals surface area contributed by atoms with Gasteiger partial charge in [-0.2, -0.15) is 0 Å². The molecule has 3 aromatic heterocycles. The van der Waals surface area contributed by atoms with Gasteiger partial charge in [0, 0.05) is 44.4 Å². The third-order valence-electron chi connectivity index (χ3n) is 12.0. The van der Waals surface area contributed by atoms with Gasteiger partial charge in [0.2, 0.25) is 0 Å². The Bertz CT molecular complexity index is 3280. The summed E-state index contributed by atoms with van der Waals surface area (Å²) in [7, 11) is 0. The van der Waals surface area contributed by atoms with Crippen LogP contribution in [0.15, 0.2) is 243 Å². The van der Waals surface area contributed by atoms with Crippen LogP contribution in [0, 0.1) is 25.6 Å². The first-order chi connectivity index (χ1) is 32.7. The van der Waals surface area contributed by atoms with E-state index in [0.29, 0.717) is 0 Å². The SMILES string of the molecule is [CH3-].[Ir].[c-]1cc(-c2ccccc2-c2cc(-c3ccccc3-c3[c-]cc(-c4ccccn4)cc3)cc(-c3ccccc3-c3c[c-]c(-c4cc(-c5ccccc5)ccn4)cc3)c2)ccc1-c1ccccn1. The van der Waals surface area contributed by atoms with Crippen LogP contribution in [0.2, 0.25) is 0 Å². The summed E-state index contributed by atoms with van der Waals surface area (Å²) in [6.45, 7) is 0. The number of aromatic nitrogens is 3. The minimum atomic E-state index is 0. The molecule has 8 aromatic carbocycles. The van der Waals surface area contributed by atoms with Gasteiger partial charge in [0.05, 0.1) is 0 Å². The van der Waals surface area contributed by atoms with E-state index in [-0.39, 0.29) is 27.5 Å². The molecular formula is C64H43IrN3-4. The van der Waals surface area contributed by atoms with E-state index in [1.54, 1.807) is 0 Å². The van der Waals surface area contributed by atoms with Crippen LogP contribution >= 0.6 is 0 Å². The van der Waals surface area contributed by atoms with E-state index < -0.39 is 0 Å². The average Bonchev–Trinajstić information content (AvgIpc) is 3.42. The summed E-state index contributed by atoms with van der Waals surface area (Å²) in [5, 5.41) is 0. The number of hydrogen-bond acceptors (Lipinski definition) is 3. The van der Waals surface area contributed by atoms with Gasteiger partial charge in [0.25, 0.3) is 0 Å². The molecule has 3 heterocycles. The maximum Gasteiger partial charge on any atom is 0.0288 e. The second-order valence-corrected chi connectivity index (χ2v) is 16.1. The van der Waals surface area contributed by atoms with Crippen LogP contribution in [0.3, 0.4) is 0 Å². The van der Waals surface area contributed by atoms with Gasteiger partial charge in [-0.3, -0.25) is 4.98 Å². The number of hydrogen-bond donors (Lipinski definition) is 0. The first-order valence-corrected chi connectivity index (χ1v) is 22.1. The maximum atomic E-state index is 4.73. The van der Waals surface area contributed by atoms with Crippen LogP contribution in [0.4, 0.5) is 0 Å². The fraction of sp³-hybridized carbons (Fsp3) is 0. The fourth-order valence-corrected chi connectivity index (χ4v) is 8.74. The number of nitrogens with zero attached hydrogens (tertiary/aromatic N) is 3. The van der Waals surface area contributed by atoms with E-state index in [4.69, 9.17) is 4.98 Å². The zero-order valence-electron chi connectivity index (χ0n) is 37.3. The smallest absolute Gasteiger partial charge is 0.0288 e. The summed E-state index contributed by atoms with van der Waals surface area (Å²) < 4.78 is 0. The molecule has 0 saturated carbocycles. The molecule has 1 radical (unpaired) electrons. The molecule has 11 rings (SSSR count). The number of rotatable bonds is 10. The Morgan fingerprint density at radius 3 is 1.16 bits per heavy atom. The molecule has 0 unspecified atom stereocenters. The topological polar surface area (TPSA) is 38.7 Å². The summed E-state index contributed by atoms with van der Waals surface area (Å²) in [5.41, 5.74) is 21.1.